The summed E-state index contributed by atoms with van der Waals surface area (Å²) in [5.74, 6) is 1.45. The highest BCUT2D eigenvalue weighted by molar-refractivity contribution is 5.76. The van der Waals surface area contributed by atoms with Crippen molar-refractivity contribution in [2.24, 2.45) is 0 Å². The Kier molecular flexibility index (Phi) is 2.72. The minimum absolute atomic E-state index is 0.551. The lowest BCUT2D eigenvalue weighted by Gasteiger charge is -2.09. The molecule has 0 atom stereocenters. The predicted molar refractivity (Wildman–Crippen MR) is 63.2 cm³/mol. The molecule has 2 aromatic rings. The number of anilines is 1. The number of hydrogen-bond donors (Lipinski definition) is 1. The number of rotatable bonds is 2. The zero-order chi connectivity index (χ0) is 11.5. The van der Waals surface area contributed by atoms with E-state index in [9.17, 15) is 0 Å². The van der Waals surface area contributed by atoms with Gasteiger partial charge in [-0.15, -0.1) is 0 Å². The molecular weight excluding hydrogens is 202 g/mol. The van der Waals surface area contributed by atoms with E-state index in [1.165, 1.54) is 0 Å². The van der Waals surface area contributed by atoms with E-state index in [2.05, 4.69) is 9.97 Å². The molecule has 0 bridgehead atoms. The first-order valence-corrected chi connectivity index (χ1v) is 4.95. The normalized spacial score (nSPS) is 10.1. The molecule has 2 N–H and O–H groups in total. The summed E-state index contributed by atoms with van der Waals surface area (Å²) in [6.07, 6.45) is 1.62. The van der Waals surface area contributed by atoms with Gasteiger partial charge in [0.1, 0.15) is 17.3 Å². The van der Waals surface area contributed by atoms with Gasteiger partial charge in [-0.3, -0.25) is 0 Å². The maximum atomic E-state index is 5.86. The number of ether oxygens (including phenoxy) is 1. The van der Waals surface area contributed by atoms with Crippen molar-refractivity contribution >= 4 is 5.69 Å². The minimum atomic E-state index is 0.551. The lowest BCUT2D eigenvalue weighted by molar-refractivity contribution is 0.416. The second-order valence-corrected chi connectivity index (χ2v) is 3.42. The van der Waals surface area contributed by atoms with Crippen LogP contribution in [0.3, 0.4) is 0 Å². The second kappa shape index (κ2) is 4.18. The monoisotopic (exact) mass is 215 g/mol. The SMILES string of the molecule is COc1ccccc1-c1nc(C)ncc1N. The zero-order valence-corrected chi connectivity index (χ0v) is 9.27. The lowest BCUT2D eigenvalue weighted by atomic mass is 10.1. The molecule has 0 spiro atoms. The van der Waals surface area contributed by atoms with Gasteiger partial charge in [0.25, 0.3) is 0 Å². The Morgan fingerprint density at radius 2 is 2.00 bits per heavy atom. The molecule has 0 unspecified atom stereocenters. The molecule has 0 amide bonds. The summed E-state index contributed by atoms with van der Waals surface area (Å²) >= 11 is 0. The summed E-state index contributed by atoms with van der Waals surface area (Å²) in [4.78, 5) is 8.38. The van der Waals surface area contributed by atoms with Gasteiger partial charge in [0.2, 0.25) is 0 Å². The van der Waals surface area contributed by atoms with E-state index >= 15 is 0 Å². The molecule has 16 heavy (non-hydrogen) atoms. The Hall–Kier alpha value is -2.10. The number of hydrogen-bond acceptors (Lipinski definition) is 4. The van der Waals surface area contributed by atoms with Crippen molar-refractivity contribution < 1.29 is 4.74 Å². The number of nitrogen functional groups attached to an aromatic ring is 1. The van der Waals surface area contributed by atoms with Gasteiger partial charge in [0.05, 0.1) is 19.0 Å². The Morgan fingerprint density at radius 1 is 1.25 bits per heavy atom. The van der Waals surface area contributed by atoms with Crippen LogP contribution in [0.25, 0.3) is 11.3 Å². The van der Waals surface area contributed by atoms with Crippen LogP contribution < -0.4 is 10.5 Å². The Morgan fingerprint density at radius 3 is 2.75 bits per heavy atom. The number of nitrogens with two attached hydrogens (primary N) is 1. The van der Waals surface area contributed by atoms with Crippen molar-refractivity contribution in [2.45, 2.75) is 6.92 Å². The highest BCUT2D eigenvalue weighted by atomic mass is 16.5. The number of benzene rings is 1. The molecule has 0 saturated carbocycles. The molecule has 0 aliphatic rings. The number of aromatic nitrogens is 2. The number of para-hydroxylation sites is 1. The molecule has 4 heteroatoms. The average molecular weight is 215 g/mol. The van der Waals surface area contributed by atoms with E-state index in [-0.39, 0.29) is 0 Å². The quantitative estimate of drug-likeness (QED) is 0.832. The molecule has 82 valence electrons. The fraction of sp³-hybridized carbons (Fsp3) is 0.167. The molecule has 1 heterocycles. The maximum Gasteiger partial charge on any atom is 0.128 e. The summed E-state index contributed by atoms with van der Waals surface area (Å²) < 4.78 is 5.28. The molecule has 1 aromatic heterocycles. The van der Waals surface area contributed by atoms with Crippen LogP contribution in [0.4, 0.5) is 5.69 Å². The standard InChI is InChI=1S/C12H13N3O/c1-8-14-7-10(13)12(15-8)9-5-3-4-6-11(9)16-2/h3-7H,13H2,1-2H3. The zero-order valence-electron chi connectivity index (χ0n) is 9.27. The van der Waals surface area contributed by atoms with Crippen molar-refractivity contribution in [1.29, 1.82) is 0 Å². The van der Waals surface area contributed by atoms with E-state index in [0.29, 0.717) is 17.2 Å². The van der Waals surface area contributed by atoms with Crippen molar-refractivity contribution in [1.82, 2.24) is 9.97 Å². The van der Waals surface area contributed by atoms with Crippen molar-refractivity contribution in [3.8, 4) is 17.0 Å². The molecule has 0 aliphatic carbocycles. The Balaban J connectivity index is 2.62. The molecular formula is C12H13N3O. The topological polar surface area (TPSA) is 61.0 Å². The third-order valence-electron chi connectivity index (χ3n) is 2.30. The van der Waals surface area contributed by atoms with Crippen LogP contribution >= 0.6 is 0 Å². The molecule has 4 nitrogen and oxygen atoms in total. The van der Waals surface area contributed by atoms with Gasteiger partial charge in [-0.2, -0.15) is 0 Å². The van der Waals surface area contributed by atoms with Gasteiger partial charge >= 0.3 is 0 Å². The predicted octanol–water partition coefficient (Wildman–Crippen LogP) is 2.04. The van der Waals surface area contributed by atoms with Crippen LogP contribution in [-0.2, 0) is 0 Å². The second-order valence-electron chi connectivity index (χ2n) is 3.42. The third-order valence-corrected chi connectivity index (χ3v) is 2.30. The molecule has 0 saturated heterocycles. The van der Waals surface area contributed by atoms with Crippen molar-refractivity contribution in [2.75, 3.05) is 12.8 Å². The lowest BCUT2D eigenvalue weighted by Crippen LogP contribution is -1.99. The largest absolute Gasteiger partial charge is 0.496 e. The minimum Gasteiger partial charge on any atom is -0.496 e. The van der Waals surface area contributed by atoms with Crippen LogP contribution in [-0.4, -0.2) is 17.1 Å². The van der Waals surface area contributed by atoms with E-state index in [1.54, 1.807) is 13.3 Å². The number of methoxy groups -OCH3 is 1. The van der Waals surface area contributed by atoms with Crippen molar-refractivity contribution in [3.05, 3.63) is 36.3 Å². The van der Waals surface area contributed by atoms with Gasteiger partial charge in [-0.25, -0.2) is 9.97 Å². The molecule has 0 aliphatic heterocycles. The van der Waals surface area contributed by atoms with Gasteiger partial charge in [0, 0.05) is 5.56 Å². The van der Waals surface area contributed by atoms with E-state index in [0.717, 1.165) is 11.3 Å². The fourth-order valence-corrected chi connectivity index (χ4v) is 1.54. The summed E-state index contributed by atoms with van der Waals surface area (Å²) in [7, 11) is 1.63. The molecule has 0 radical (unpaired) electrons. The maximum absolute atomic E-state index is 5.86. The molecule has 1 aromatic carbocycles. The highest BCUT2D eigenvalue weighted by Gasteiger charge is 2.10. The first kappa shape index (κ1) is 10.4. The first-order chi connectivity index (χ1) is 7.72. The number of aryl methyl sites for hydroxylation is 1. The summed E-state index contributed by atoms with van der Waals surface area (Å²) in [5.41, 5.74) is 8.01. The van der Waals surface area contributed by atoms with Crippen LogP contribution in [0, 0.1) is 6.92 Å². The Labute approximate surface area is 94.1 Å². The fourth-order valence-electron chi connectivity index (χ4n) is 1.54. The average Bonchev–Trinajstić information content (AvgIpc) is 2.32. The number of nitrogens with zero attached hydrogens (tertiary/aromatic N) is 2. The third kappa shape index (κ3) is 1.82. The van der Waals surface area contributed by atoms with Crippen LogP contribution in [0.2, 0.25) is 0 Å². The van der Waals surface area contributed by atoms with E-state index in [4.69, 9.17) is 10.5 Å². The first-order valence-electron chi connectivity index (χ1n) is 4.95. The van der Waals surface area contributed by atoms with Crippen LogP contribution in [0.15, 0.2) is 30.5 Å². The summed E-state index contributed by atoms with van der Waals surface area (Å²) in [5, 5.41) is 0. The van der Waals surface area contributed by atoms with Crippen LogP contribution in [0.5, 0.6) is 5.75 Å². The van der Waals surface area contributed by atoms with Gasteiger partial charge in [0.15, 0.2) is 0 Å². The summed E-state index contributed by atoms with van der Waals surface area (Å²) in [6.45, 7) is 1.83. The molecule has 2 rings (SSSR count). The highest BCUT2D eigenvalue weighted by Crippen LogP contribution is 2.31. The smallest absolute Gasteiger partial charge is 0.128 e. The van der Waals surface area contributed by atoms with E-state index < -0.39 is 0 Å². The molecule has 0 fully saturated rings. The van der Waals surface area contributed by atoms with Gasteiger partial charge in [-0.1, -0.05) is 12.1 Å². The summed E-state index contributed by atoms with van der Waals surface area (Å²) in [6, 6.07) is 7.64. The van der Waals surface area contributed by atoms with E-state index in [1.807, 2.05) is 31.2 Å². The van der Waals surface area contributed by atoms with Crippen LogP contribution in [0.1, 0.15) is 5.82 Å². The van der Waals surface area contributed by atoms with Gasteiger partial charge < -0.3 is 10.5 Å². The Bertz CT molecular complexity index is 511. The van der Waals surface area contributed by atoms with Gasteiger partial charge in [-0.05, 0) is 19.1 Å². The van der Waals surface area contributed by atoms with Crippen molar-refractivity contribution in [3.63, 3.8) is 0 Å².